The molecule has 8 nitrogen and oxygen atoms in total. The van der Waals surface area contributed by atoms with Gasteiger partial charge in [0, 0.05) is 29.9 Å². The minimum Gasteiger partial charge on any atom is -0.379 e. The summed E-state index contributed by atoms with van der Waals surface area (Å²) in [5.41, 5.74) is 2.59. The molecule has 1 aliphatic heterocycles. The van der Waals surface area contributed by atoms with E-state index in [1.807, 2.05) is 12.1 Å². The number of carbonyl (C=O) groups excluding carboxylic acids is 1. The van der Waals surface area contributed by atoms with Crippen molar-refractivity contribution in [3.63, 3.8) is 0 Å². The maximum atomic E-state index is 12.9. The molecule has 0 aromatic heterocycles. The van der Waals surface area contributed by atoms with E-state index in [1.165, 1.54) is 40.7 Å². The Balaban J connectivity index is 1.38. The van der Waals surface area contributed by atoms with Gasteiger partial charge >= 0.3 is 0 Å². The van der Waals surface area contributed by atoms with E-state index >= 15 is 0 Å². The first kappa shape index (κ1) is 21.8. The predicted octanol–water partition coefficient (Wildman–Crippen LogP) is 2.72. The molecule has 1 heterocycles. The third kappa shape index (κ3) is 3.84. The Morgan fingerprint density at radius 1 is 0.727 bits per heavy atom. The SMILES string of the molecule is O=C1c2ccccc2-c2ccc(S(=O)(=O)Nc3ccc(S(=O)(=O)N4CCOCC4)cc3)cc21. The van der Waals surface area contributed by atoms with Gasteiger partial charge in [-0.25, -0.2) is 16.8 Å². The summed E-state index contributed by atoms with van der Waals surface area (Å²) in [7, 11) is -7.67. The molecule has 2 aliphatic rings. The molecular weight excluding hydrogens is 464 g/mol. The van der Waals surface area contributed by atoms with E-state index in [0.717, 1.165) is 5.56 Å². The highest BCUT2D eigenvalue weighted by Gasteiger charge is 2.29. The molecule has 0 spiro atoms. The third-order valence-corrected chi connectivity index (χ3v) is 9.01. The summed E-state index contributed by atoms with van der Waals surface area (Å²) in [5.74, 6) is -0.213. The second-order valence-corrected chi connectivity index (χ2v) is 11.3. The molecule has 0 bridgehead atoms. The molecule has 10 heteroatoms. The van der Waals surface area contributed by atoms with Gasteiger partial charge in [-0.2, -0.15) is 4.31 Å². The van der Waals surface area contributed by atoms with Gasteiger partial charge in [0.1, 0.15) is 0 Å². The first-order valence-electron chi connectivity index (χ1n) is 10.3. The number of hydrogen-bond acceptors (Lipinski definition) is 6. The minimum atomic E-state index is -3.99. The van der Waals surface area contributed by atoms with Crippen LogP contribution in [0.3, 0.4) is 0 Å². The van der Waals surface area contributed by atoms with E-state index in [4.69, 9.17) is 4.74 Å². The van der Waals surface area contributed by atoms with Crippen LogP contribution >= 0.6 is 0 Å². The summed E-state index contributed by atoms with van der Waals surface area (Å²) in [6, 6.07) is 17.1. The zero-order valence-corrected chi connectivity index (χ0v) is 19.0. The molecular formula is C23H20N2O6S2. The number of ketones is 1. The Labute approximate surface area is 191 Å². The van der Waals surface area contributed by atoms with Crippen LogP contribution in [-0.4, -0.2) is 53.2 Å². The lowest BCUT2D eigenvalue weighted by Crippen LogP contribution is -2.40. The van der Waals surface area contributed by atoms with E-state index < -0.39 is 20.0 Å². The first-order chi connectivity index (χ1) is 15.8. The van der Waals surface area contributed by atoms with E-state index in [-0.39, 0.29) is 34.4 Å². The largest absolute Gasteiger partial charge is 0.379 e. The first-order valence-corrected chi connectivity index (χ1v) is 13.2. The number of anilines is 1. The van der Waals surface area contributed by atoms with E-state index in [0.29, 0.717) is 29.9 Å². The maximum absolute atomic E-state index is 12.9. The van der Waals surface area contributed by atoms with E-state index in [9.17, 15) is 21.6 Å². The summed E-state index contributed by atoms with van der Waals surface area (Å²) in [5, 5.41) is 0. The van der Waals surface area contributed by atoms with Crippen LogP contribution in [-0.2, 0) is 24.8 Å². The van der Waals surface area contributed by atoms with Gasteiger partial charge in [0.2, 0.25) is 10.0 Å². The fraction of sp³-hybridized carbons (Fsp3) is 0.174. The highest BCUT2D eigenvalue weighted by atomic mass is 32.2. The molecule has 0 amide bonds. The van der Waals surface area contributed by atoms with Crippen molar-refractivity contribution < 1.29 is 26.4 Å². The smallest absolute Gasteiger partial charge is 0.261 e. The van der Waals surface area contributed by atoms with Crippen LogP contribution in [0.25, 0.3) is 11.1 Å². The van der Waals surface area contributed by atoms with Crippen LogP contribution in [0.4, 0.5) is 5.69 Å². The van der Waals surface area contributed by atoms with Gasteiger partial charge in [-0.05, 0) is 47.5 Å². The zero-order valence-electron chi connectivity index (χ0n) is 17.4. The lowest BCUT2D eigenvalue weighted by Gasteiger charge is -2.26. The number of fused-ring (bicyclic) bond motifs is 3. The number of nitrogens with zero attached hydrogens (tertiary/aromatic N) is 1. The molecule has 0 atom stereocenters. The molecule has 1 fully saturated rings. The summed E-state index contributed by atoms with van der Waals surface area (Å²) < 4.78 is 60.4. The Kier molecular flexibility index (Phi) is 5.32. The molecule has 0 saturated carbocycles. The van der Waals surface area contributed by atoms with Crippen molar-refractivity contribution in [3.05, 3.63) is 77.9 Å². The van der Waals surface area contributed by atoms with Crippen molar-refractivity contribution in [2.75, 3.05) is 31.0 Å². The average Bonchev–Trinajstić information content (AvgIpc) is 3.11. The highest BCUT2D eigenvalue weighted by Crippen LogP contribution is 2.37. The van der Waals surface area contributed by atoms with E-state index in [2.05, 4.69) is 4.72 Å². The Bertz CT molecular complexity index is 1460. The highest BCUT2D eigenvalue weighted by molar-refractivity contribution is 7.92. The second-order valence-electron chi connectivity index (χ2n) is 7.73. The number of ether oxygens (including phenoxy) is 1. The van der Waals surface area contributed by atoms with Crippen LogP contribution in [0.1, 0.15) is 15.9 Å². The van der Waals surface area contributed by atoms with Gasteiger partial charge < -0.3 is 4.74 Å². The number of carbonyl (C=O) groups is 1. The van der Waals surface area contributed by atoms with Crippen LogP contribution in [0, 0.1) is 0 Å². The quantitative estimate of drug-likeness (QED) is 0.467. The molecule has 3 aromatic rings. The third-order valence-electron chi connectivity index (χ3n) is 5.72. The molecule has 3 aromatic carbocycles. The normalized spacial score (nSPS) is 16.3. The van der Waals surface area contributed by atoms with Crippen LogP contribution in [0.5, 0.6) is 0 Å². The number of morpholine rings is 1. The lowest BCUT2D eigenvalue weighted by molar-refractivity contribution is 0.0730. The molecule has 5 rings (SSSR count). The van der Waals surface area contributed by atoms with E-state index in [1.54, 1.807) is 18.2 Å². The molecule has 33 heavy (non-hydrogen) atoms. The van der Waals surface area contributed by atoms with Gasteiger partial charge in [-0.1, -0.05) is 30.3 Å². The summed E-state index contributed by atoms with van der Waals surface area (Å²) in [4.78, 5) is 12.7. The fourth-order valence-electron chi connectivity index (χ4n) is 4.02. The average molecular weight is 485 g/mol. The Morgan fingerprint density at radius 3 is 2.03 bits per heavy atom. The second kappa shape index (κ2) is 8.07. The Morgan fingerprint density at radius 2 is 1.33 bits per heavy atom. The Hall–Kier alpha value is -3.05. The number of nitrogens with one attached hydrogen (secondary N) is 1. The number of sulfonamides is 2. The van der Waals surface area contributed by atoms with Crippen LogP contribution in [0.2, 0.25) is 0 Å². The minimum absolute atomic E-state index is 0.0487. The summed E-state index contributed by atoms with van der Waals surface area (Å²) in [6.07, 6.45) is 0. The summed E-state index contributed by atoms with van der Waals surface area (Å²) >= 11 is 0. The zero-order chi connectivity index (χ0) is 23.2. The van der Waals surface area contributed by atoms with Crippen molar-refractivity contribution >= 4 is 31.5 Å². The van der Waals surface area contributed by atoms with Crippen molar-refractivity contribution in [3.8, 4) is 11.1 Å². The van der Waals surface area contributed by atoms with Gasteiger partial charge in [0.15, 0.2) is 5.78 Å². The monoisotopic (exact) mass is 484 g/mol. The number of benzene rings is 3. The topological polar surface area (TPSA) is 110 Å². The van der Waals surface area contributed by atoms with Crippen molar-refractivity contribution in [2.45, 2.75) is 9.79 Å². The standard InChI is InChI=1S/C23H20N2O6S2/c26-23-21-4-2-1-3-19(21)20-10-9-18(15-22(20)23)32(27,28)24-16-5-7-17(8-6-16)33(29,30)25-11-13-31-14-12-25/h1-10,15,24H,11-14H2. The van der Waals surface area contributed by atoms with Crippen molar-refractivity contribution in [1.82, 2.24) is 4.31 Å². The molecule has 1 aliphatic carbocycles. The van der Waals surface area contributed by atoms with Crippen LogP contribution in [0.15, 0.2) is 76.5 Å². The van der Waals surface area contributed by atoms with Crippen LogP contribution < -0.4 is 4.72 Å². The lowest BCUT2D eigenvalue weighted by atomic mass is 10.1. The van der Waals surface area contributed by atoms with Gasteiger partial charge in [-0.15, -0.1) is 0 Å². The van der Waals surface area contributed by atoms with Gasteiger partial charge in [0.25, 0.3) is 10.0 Å². The molecule has 1 saturated heterocycles. The molecule has 1 N–H and O–H groups in total. The molecule has 0 unspecified atom stereocenters. The summed E-state index contributed by atoms with van der Waals surface area (Å²) in [6.45, 7) is 1.23. The number of hydrogen-bond donors (Lipinski definition) is 1. The molecule has 170 valence electrons. The van der Waals surface area contributed by atoms with Gasteiger partial charge in [-0.3, -0.25) is 9.52 Å². The molecule has 0 radical (unpaired) electrons. The van der Waals surface area contributed by atoms with Crippen molar-refractivity contribution in [2.24, 2.45) is 0 Å². The van der Waals surface area contributed by atoms with Crippen molar-refractivity contribution in [1.29, 1.82) is 0 Å². The predicted molar refractivity (Wildman–Crippen MR) is 122 cm³/mol. The number of rotatable bonds is 5. The maximum Gasteiger partial charge on any atom is 0.261 e. The van der Waals surface area contributed by atoms with Gasteiger partial charge in [0.05, 0.1) is 23.0 Å². The fourth-order valence-corrected chi connectivity index (χ4v) is 6.51.